The highest BCUT2D eigenvalue weighted by Crippen LogP contribution is 2.40. The standard InChI is InChI=1S/C12H11ClN2OS/c1-16-7-3-2-4-8-9(7)10(13)11(17-8)12-14-5-6-15-12/h2-4H,5-6H2,1H3,(H,14,15). The summed E-state index contributed by atoms with van der Waals surface area (Å²) in [4.78, 5) is 5.41. The lowest BCUT2D eigenvalue weighted by molar-refractivity contribution is 0.420. The molecular weight excluding hydrogens is 256 g/mol. The fourth-order valence-corrected chi connectivity index (χ4v) is 3.51. The number of nitrogens with zero attached hydrogens (tertiary/aromatic N) is 1. The number of nitrogens with one attached hydrogen (secondary N) is 1. The molecule has 1 aromatic heterocycles. The SMILES string of the molecule is COc1cccc2sc(C3=NCCN3)c(Cl)c12. The highest BCUT2D eigenvalue weighted by atomic mass is 35.5. The van der Waals surface area contributed by atoms with E-state index < -0.39 is 0 Å². The van der Waals surface area contributed by atoms with Crippen LogP contribution in [-0.2, 0) is 0 Å². The van der Waals surface area contributed by atoms with Crippen molar-refractivity contribution in [2.45, 2.75) is 0 Å². The molecule has 2 aromatic rings. The average molecular weight is 267 g/mol. The van der Waals surface area contributed by atoms with Gasteiger partial charge in [-0.15, -0.1) is 11.3 Å². The van der Waals surface area contributed by atoms with Gasteiger partial charge in [-0.25, -0.2) is 0 Å². The van der Waals surface area contributed by atoms with Crippen LogP contribution >= 0.6 is 22.9 Å². The van der Waals surface area contributed by atoms with Gasteiger partial charge in [0.05, 0.1) is 28.9 Å². The highest BCUT2D eigenvalue weighted by Gasteiger charge is 2.19. The van der Waals surface area contributed by atoms with Crippen LogP contribution in [0.5, 0.6) is 5.75 Å². The number of hydrogen-bond donors (Lipinski definition) is 1. The molecule has 0 radical (unpaired) electrons. The quantitative estimate of drug-likeness (QED) is 0.907. The van der Waals surface area contributed by atoms with Crippen molar-refractivity contribution in [3.8, 4) is 5.75 Å². The van der Waals surface area contributed by atoms with Gasteiger partial charge in [-0.2, -0.15) is 0 Å². The van der Waals surface area contributed by atoms with Crippen LogP contribution in [-0.4, -0.2) is 26.0 Å². The normalized spacial score (nSPS) is 14.8. The lowest BCUT2D eigenvalue weighted by Gasteiger charge is -2.01. The van der Waals surface area contributed by atoms with Gasteiger partial charge in [-0.3, -0.25) is 4.99 Å². The third-order valence-corrected chi connectivity index (χ3v) is 4.38. The zero-order chi connectivity index (χ0) is 11.8. The van der Waals surface area contributed by atoms with Crippen LogP contribution in [0.25, 0.3) is 10.1 Å². The molecule has 0 saturated heterocycles. The summed E-state index contributed by atoms with van der Waals surface area (Å²) >= 11 is 8.08. The molecule has 0 atom stereocenters. The number of rotatable bonds is 2. The minimum absolute atomic E-state index is 0.732. The zero-order valence-corrected chi connectivity index (χ0v) is 10.9. The first-order valence-electron chi connectivity index (χ1n) is 5.35. The second kappa shape index (κ2) is 4.20. The maximum absolute atomic E-state index is 6.43. The molecule has 88 valence electrons. The monoisotopic (exact) mass is 266 g/mol. The van der Waals surface area contributed by atoms with Crippen molar-refractivity contribution in [1.82, 2.24) is 5.32 Å². The fraction of sp³-hybridized carbons (Fsp3) is 0.250. The number of ether oxygens (including phenoxy) is 1. The Kier molecular flexibility index (Phi) is 2.68. The summed E-state index contributed by atoms with van der Waals surface area (Å²) in [5, 5.41) is 4.96. The van der Waals surface area contributed by atoms with Crippen LogP contribution in [0, 0.1) is 0 Å². The number of benzene rings is 1. The lowest BCUT2D eigenvalue weighted by atomic mass is 10.2. The summed E-state index contributed by atoms with van der Waals surface area (Å²) in [5.74, 6) is 1.71. The van der Waals surface area contributed by atoms with Crippen molar-refractivity contribution in [3.05, 3.63) is 28.1 Å². The molecule has 0 bridgehead atoms. The first kappa shape index (κ1) is 10.9. The topological polar surface area (TPSA) is 33.6 Å². The number of aliphatic imine (C=N–C) groups is 1. The molecule has 17 heavy (non-hydrogen) atoms. The van der Waals surface area contributed by atoms with Crippen molar-refractivity contribution in [3.63, 3.8) is 0 Å². The number of amidine groups is 1. The smallest absolute Gasteiger partial charge is 0.140 e. The van der Waals surface area contributed by atoms with E-state index in [2.05, 4.69) is 10.3 Å². The van der Waals surface area contributed by atoms with Gasteiger partial charge in [0.1, 0.15) is 11.6 Å². The predicted octanol–water partition coefficient (Wildman–Crippen LogP) is 2.91. The Morgan fingerprint density at radius 2 is 2.35 bits per heavy atom. The first-order valence-corrected chi connectivity index (χ1v) is 6.54. The second-order valence-corrected chi connectivity index (χ2v) is 5.17. The molecule has 1 aromatic carbocycles. The van der Waals surface area contributed by atoms with Crippen LogP contribution in [0.15, 0.2) is 23.2 Å². The van der Waals surface area contributed by atoms with Gasteiger partial charge in [-0.1, -0.05) is 17.7 Å². The molecular formula is C12H11ClN2OS. The van der Waals surface area contributed by atoms with Crippen molar-refractivity contribution >= 4 is 38.9 Å². The van der Waals surface area contributed by atoms with E-state index in [4.69, 9.17) is 16.3 Å². The van der Waals surface area contributed by atoms with E-state index in [1.54, 1.807) is 18.4 Å². The van der Waals surface area contributed by atoms with Gasteiger partial charge in [-0.05, 0) is 12.1 Å². The van der Waals surface area contributed by atoms with Crippen LogP contribution < -0.4 is 10.1 Å². The van der Waals surface area contributed by atoms with E-state index >= 15 is 0 Å². The van der Waals surface area contributed by atoms with E-state index in [1.807, 2.05) is 18.2 Å². The van der Waals surface area contributed by atoms with Gasteiger partial charge >= 0.3 is 0 Å². The molecule has 0 spiro atoms. The van der Waals surface area contributed by atoms with Gasteiger partial charge in [0.25, 0.3) is 0 Å². The average Bonchev–Trinajstić information content (AvgIpc) is 2.97. The van der Waals surface area contributed by atoms with E-state index in [-0.39, 0.29) is 0 Å². The highest BCUT2D eigenvalue weighted by molar-refractivity contribution is 7.21. The predicted molar refractivity (Wildman–Crippen MR) is 72.8 cm³/mol. The molecule has 1 aliphatic rings. The molecule has 1 N–H and O–H groups in total. The van der Waals surface area contributed by atoms with Gasteiger partial charge in [0.2, 0.25) is 0 Å². The molecule has 0 fully saturated rings. The van der Waals surface area contributed by atoms with Crippen LogP contribution in [0.4, 0.5) is 0 Å². The van der Waals surface area contributed by atoms with Crippen LogP contribution in [0.3, 0.4) is 0 Å². The zero-order valence-electron chi connectivity index (χ0n) is 9.29. The van der Waals surface area contributed by atoms with Crippen molar-refractivity contribution in [1.29, 1.82) is 0 Å². The molecule has 5 heteroatoms. The van der Waals surface area contributed by atoms with Gasteiger partial charge in [0.15, 0.2) is 0 Å². The molecule has 0 aliphatic carbocycles. The minimum Gasteiger partial charge on any atom is -0.496 e. The number of halogens is 1. The molecule has 3 rings (SSSR count). The maximum atomic E-state index is 6.43. The van der Waals surface area contributed by atoms with Crippen molar-refractivity contribution < 1.29 is 4.74 Å². The van der Waals surface area contributed by atoms with E-state index in [0.29, 0.717) is 0 Å². The number of methoxy groups -OCH3 is 1. The summed E-state index contributed by atoms with van der Waals surface area (Å²) < 4.78 is 6.47. The first-order chi connectivity index (χ1) is 8.31. The molecule has 0 unspecified atom stereocenters. The van der Waals surface area contributed by atoms with E-state index in [0.717, 1.165) is 44.7 Å². The van der Waals surface area contributed by atoms with E-state index in [9.17, 15) is 0 Å². The third kappa shape index (κ3) is 1.68. The summed E-state index contributed by atoms with van der Waals surface area (Å²) in [7, 11) is 1.66. The molecule has 3 nitrogen and oxygen atoms in total. The minimum atomic E-state index is 0.732. The molecule has 2 heterocycles. The Hall–Kier alpha value is -1.26. The molecule has 0 saturated carbocycles. The number of fused-ring (bicyclic) bond motifs is 1. The Morgan fingerprint density at radius 1 is 1.47 bits per heavy atom. The third-order valence-electron chi connectivity index (χ3n) is 2.73. The van der Waals surface area contributed by atoms with Crippen LogP contribution in [0.2, 0.25) is 5.02 Å². The lowest BCUT2D eigenvalue weighted by Crippen LogP contribution is -2.18. The Balaban J connectivity index is 2.25. The fourth-order valence-electron chi connectivity index (χ4n) is 1.95. The van der Waals surface area contributed by atoms with Gasteiger partial charge < -0.3 is 10.1 Å². The Bertz CT molecular complexity index is 606. The maximum Gasteiger partial charge on any atom is 0.140 e. The van der Waals surface area contributed by atoms with Crippen molar-refractivity contribution in [2.24, 2.45) is 4.99 Å². The number of thiophene rings is 1. The van der Waals surface area contributed by atoms with Crippen LogP contribution in [0.1, 0.15) is 4.88 Å². The second-order valence-electron chi connectivity index (χ2n) is 3.74. The Morgan fingerprint density at radius 3 is 3.06 bits per heavy atom. The summed E-state index contributed by atoms with van der Waals surface area (Å²) in [6, 6.07) is 5.95. The summed E-state index contributed by atoms with van der Waals surface area (Å²) in [5.41, 5.74) is 0. The largest absolute Gasteiger partial charge is 0.496 e. The summed E-state index contributed by atoms with van der Waals surface area (Å²) in [6.45, 7) is 1.70. The van der Waals surface area contributed by atoms with E-state index in [1.165, 1.54) is 0 Å². The van der Waals surface area contributed by atoms with Gasteiger partial charge in [0, 0.05) is 11.2 Å². The summed E-state index contributed by atoms with van der Waals surface area (Å²) in [6.07, 6.45) is 0. The van der Waals surface area contributed by atoms with Crippen molar-refractivity contribution in [2.75, 3.05) is 20.2 Å². The molecule has 0 amide bonds. The Labute approximate surface area is 108 Å². The molecule has 1 aliphatic heterocycles. The number of hydrogen-bond acceptors (Lipinski definition) is 4.